The van der Waals surface area contributed by atoms with Gasteiger partial charge >= 0.3 is 17.9 Å². The minimum atomic E-state index is -1.79. The number of aliphatic hydroxyl groups is 6. The molecule has 0 aromatic heterocycles. The fraction of sp³-hybridized carbons (Fsp3) is 0.761. The molecule has 0 amide bonds. The lowest BCUT2D eigenvalue weighted by Gasteiger charge is -2.47. The molecule has 2 fully saturated rings. The highest BCUT2D eigenvalue weighted by atomic mass is 16.7. The van der Waals surface area contributed by atoms with Gasteiger partial charge in [0.05, 0.1) is 59.7 Å². The molecule has 4 aliphatic heterocycles. The summed E-state index contributed by atoms with van der Waals surface area (Å²) in [6.45, 7) is 24.6. The highest BCUT2D eigenvalue weighted by Gasteiger charge is 2.52. The molecule has 22 heteroatoms. The summed E-state index contributed by atoms with van der Waals surface area (Å²) in [4.78, 5) is 70.5. The van der Waals surface area contributed by atoms with Crippen LogP contribution in [0.15, 0.2) is 53.6 Å². The first-order valence-electron chi connectivity index (χ1n) is 32.6. The average molecular weight is 1320 g/mol. The van der Waals surface area contributed by atoms with Crippen LogP contribution in [0, 0.1) is 47.3 Å². The van der Waals surface area contributed by atoms with Gasteiger partial charge in [-0.05, 0) is 146 Å². The quantitative estimate of drug-likeness (QED) is 0.0695. The van der Waals surface area contributed by atoms with E-state index in [1.807, 2.05) is 82.2 Å². The molecule has 4 aliphatic rings. The Morgan fingerprint density at radius 1 is 0.613 bits per heavy atom. The topological polar surface area (TPSA) is 296 Å². The van der Waals surface area contributed by atoms with Crippen molar-refractivity contribution in [3.8, 4) is 11.8 Å². The maximum Gasteiger partial charge on any atom is 0.311 e. The van der Waals surface area contributed by atoms with E-state index in [0.717, 1.165) is 5.56 Å². The summed E-state index contributed by atoms with van der Waals surface area (Å²) < 4.78 is 54.1. The normalized spacial score (nSPS) is 40.7. The molecule has 6 N–H and O–H groups in total. The van der Waals surface area contributed by atoms with E-state index < -0.39 is 143 Å². The number of cyclic esters (lactones) is 2. The molecular formula is C71H116N2O20. The molecule has 1 aromatic rings. The zero-order valence-corrected chi connectivity index (χ0v) is 58.5. The van der Waals surface area contributed by atoms with Crippen molar-refractivity contribution in [3.05, 3.63) is 59.2 Å². The van der Waals surface area contributed by atoms with Crippen molar-refractivity contribution >= 4 is 29.5 Å². The van der Waals surface area contributed by atoms with Crippen molar-refractivity contribution in [2.45, 2.75) is 264 Å². The molecule has 0 radical (unpaired) electrons. The predicted molar refractivity (Wildman–Crippen MR) is 351 cm³/mol. The van der Waals surface area contributed by atoms with E-state index in [9.17, 15) is 54.6 Å². The van der Waals surface area contributed by atoms with Crippen LogP contribution in [0.2, 0.25) is 0 Å². The lowest BCUT2D eigenvalue weighted by Crippen LogP contribution is -2.59. The van der Waals surface area contributed by atoms with Crippen molar-refractivity contribution in [1.82, 2.24) is 9.80 Å². The molecule has 0 aliphatic carbocycles. The number of esters is 3. The maximum absolute atomic E-state index is 14.2. The highest BCUT2D eigenvalue weighted by Crippen LogP contribution is 2.41. The minimum Gasteiger partial charge on any atom is -0.461 e. The summed E-state index contributed by atoms with van der Waals surface area (Å²) >= 11 is 0. The molecule has 530 valence electrons. The summed E-state index contributed by atoms with van der Waals surface area (Å²) in [5, 5.41) is 68.8. The lowest BCUT2D eigenvalue weighted by molar-refractivity contribution is -0.301. The van der Waals surface area contributed by atoms with E-state index in [4.69, 9.17) is 42.6 Å². The Bertz CT molecular complexity index is 2710. The molecule has 0 bridgehead atoms. The van der Waals surface area contributed by atoms with Crippen LogP contribution in [0.25, 0.3) is 0 Å². The van der Waals surface area contributed by atoms with Gasteiger partial charge in [-0.3, -0.25) is 24.0 Å². The smallest absolute Gasteiger partial charge is 0.311 e. The molecule has 2 saturated heterocycles. The van der Waals surface area contributed by atoms with Gasteiger partial charge in [0.25, 0.3) is 0 Å². The van der Waals surface area contributed by atoms with Crippen molar-refractivity contribution in [2.24, 2.45) is 35.5 Å². The van der Waals surface area contributed by atoms with Gasteiger partial charge in [0.1, 0.15) is 42.2 Å². The summed E-state index contributed by atoms with van der Waals surface area (Å²) in [7, 11) is 10.5. The Balaban J connectivity index is 0.000000482. The second-order valence-corrected chi connectivity index (χ2v) is 27.6. The zero-order chi connectivity index (χ0) is 69.7. The first kappa shape index (κ1) is 82.7. The maximum atomic E-state index is 14.2. The molecule has 22 nitrogen and oxygen atoms in total. The van der Waals surface area contributed by atoms with E-state index in [-0.39, 0.29) is 87.4 Å². The van der Waals surface area contributed by atoms with E-state index in [1.165, 1.54) is 54.1 Å². The number of benzene rings is 1. The number of ether oxygens (including phenoxy) is 9. The van der Waals surface area contributed by atoms with Gasteiger partial charge in [-0.25, -0.2) is 0 Å². The third-order valence-electron chi connectivity index (χ3n) is 19.2. The molecule has 0 spiro atoms. The second kappa shape index (κ2) is 35.6. The number of carbonyl (C=O) groups excluding carboxylic acids is 5. The first-order valence-corrected chi connectivity index (χ1v) is 32.6. The molecular weight excluding hydrogens is 1200 g/mol. The number of Topliss-reactive ketones (excluding diaryl/α,β-unsaturated/α-hetero) is 2. The van der Waals surface area contributed by atoms with Gasteiger partial charge in [0.15, 0.2) is 24.1 Å². The van der Waals surface area contributed by atoms with Gasteiger partial charge in [-0.1, -0.05) is 79.0 Å². The number of likely N-dealkylation sites (N-methyl/N-ethyl adjacent to an activating group) is 2. The van der Waals surface area contributed by atoms with Gasteiger partial charge in [0.2, 0.25) is 0 Å². The van der Waals surface area contributed by atoms with Crippen LogP contribution in [0.1, 0.15) is 162 Å². The van der Waals surface area contributed by atoms with Crippen molar-refractivity contribution in [1.29, 1.82) is 0 Å². The zero-order valence-electron chi connectivity index (χ0n) is 58.5. The van der Waals surface area contributed by atoms with E-state index >= 15 is 0 Å². The summed E-state index contributed by atoms with van der Waals surface area (Å²) in [6, 6.07) is 8.89. The monoisotopic (exact) mass is 1320 g/mol. The highest BCUT2D eigenvalue weighted by molar-refractivity contribution is 5.98. The van der Waals surface area contributed by atoms with Crippen LogP contribution in [0.3, 0.4) is 0 Å². The number of allylic oxidation sites excluding steroid dienone is 1. The molecule has 24 atom stereocenters. The Morgan fingerprint density at radius 3 is 1.34 bits per heavy atom. The molecule has 93 heavy (non-hydrogen) atoms. The fourth-order valence-electron chi connectivity index (χ4n) is 13.4. The van der Waals surface area contributed by atoms with Crippen molar-refractivity contribution in [2.75, 3.05) is 49.0 Å². The van der Waals surface area contributed by atoms with E-state index in [2.05, 4.69) is 11.8 Å². The first-order chi connectivity index (χ1) is 42.7. The summed E-state index contributed by atoms with van der Waals surface area (Å²) in [5.74, 6) is -1.52. The number of hydrogen-bond donors (Lipinski definition) is 6. The summed E-state index contributed by atoms with van der Waals surface area (Å²) in [5.41, 5.74) is -4.83. The standard InChI is InChI=1S/C38H57NO9.C32H55NO11.CH4/c1-11-30-37(6,44)22-28(19-15-18-27-16-13-12-14-17-27)31(40)23(2)21-38(7,45-10)34(25(4)32(41)26(5)35(43)47-30)48-36-33(42)29(39(8)9)20-24(3)46-36;1-12-24-31(7,39)15-22(16-41-21(6)34)25(35)17(2)14-32(8,40-11)28(19(4)26(36)20(5)29(38)43-24)44-30-27(37)23(33(9)10)13-18(3)42-30;/h12-14,16-17,22-26,29-30,32-34,36,41-42,44H,11,19-21H2,1-10H3;15,17-20,23-24,26-28,30,36-37,39H,12-14,16H2,1-11H3;1H4/b28-22+;22-15+;/t23-,24-,25+,26-,29+,30-,32+,33-,34-,36?,37+,38+;17-,18-,19+,20-,23+,24-,26?,27-,28-,30?,31+,32+;/m11./s1. The largest absolute Gasteiger partial charge is 0.461 e. The number of methoxy groups -OCH3 is 2. The van der Waals surface area contributed by atoms with Crippen molar-refractivity contribution < 1.29 is 97.2 Å². The van der Waals surface area contributed by atoms with Crippen LogP contribution in [0.5, 0.6) is 0 Å². The van der Waals surface area contributed by atoms with Crippen LogP contribution in [-0.4, -0.2) is 227 Å². The van der Waals surface area contributed by atoms with Crippen molar-refractivity contribution in [3.63, 3.8) is 0 Å². The van der Waals surface area contributed by atoms with Gasteiger partial charge in [-0.2, -0.15) is 0 Å². The Kier molecular flexibility index (Phi) is 31.7. The number of aliphatic hydroxyl groups excluding tert-OH is 4. The van der Waals surface area contributed by atoms with E-state index in [1.54, 1.807) is 62.3 Å². The minimum absolute atomic E-state index is 0. The van der Waals surface area contributed by atoms with Crippen LogP contribution < -0.4 is 0 Å². The van der Waals surface area contributed by atoms with Crippen LogP contribution >= 0.6 is 0 Å². The number of carbonyl (C=O) groups is 5. The van der Waals surface area contributed by atoms with Crippen LogP contribution in [-0.2, 0) is 66.6 Å². The van der Waals surface area contributed by atoms with E-state index in [0.29, 0.717) is 12.8 Å². The lowest BCUT2D eigenvalue weighted by atomic mass is 9.76. The van der Waals surface area contributed by atoms with Gasteiger partial charge in [0, 0.05) is 80.0 Å². The molecule has 5 rings (SSSR count). The SMILES string of the molecule is C.CC[C@H]1OC(=O)[C@H](C)C(O)[C@H](C)[C@@H](OC2O[C@H](C)C[C@H](N(C)C)[C@H]2O)[C@@](C)(OC)C[C@@H](C)C(=O)/C(COC(C)=O)=C/[C@]1(C)O.CC[C@H]1OC(=O)[C@H](C)[C@@H](O)[C@H](C)[C@@H](OC2O[C@H](C)C[C@H](N(C)C)[C@H]2O)[C@@](C)(OC)C[C@@H](C)C(=O)/C(CC#Cc2ccccc2)=C/[C@]1(C)O. The molecule has 4 heterocycles. The Morgan fingerprint density at radius 2 is 0.989 bits per heavy atom. The number of hydrogen-bond acceptors (Lipinski definition) is 22. The average Bonchev–Trinajstić information content (AvgIpc) is 0.792. The predicted octanol–water partition coefficient (Wildman–Crippen LogP) is 6.53. The molecule has 3 unspecified atom stereocenters. The second-order valence-electron chi connectivity index (χ2n) is 27.6. The summed E-state index contributed by atoms with van der Waals surface area (Å²) in [6.07, 6.45) is -6.56. The fourth-order valence-corrected chi connectivity index (χ4v) is 13.4. The number of nitrogens with zero attached hydrogens (tertiary/aromatic N) is 2. The Hall–Kier alpha value is -4.55. The molecule has 1 aromatic carbocycles. The van der Waals surface area contributed by atoms with Crippen LogP contribution in [0.4, 0.5) is 0 Å². The number of ketones is 2. The number of rotatable bonds is 13. The van der Waals surface area contributed by atoms with Gasteiger partial charge in [-0.15, -0.1) is 0 Å². The van der Waals surface area contributed by atoms with Gasteiger partial charge < -0.3 is 83.1 Å². The third kappa shape index (κ3) is 21.5. The Labute approximate surface area is 554 Å². The molecule has 0 saturated carbocycles. The third-order valence-corrected chi connectivity index (χ3v) is 19.2.